The van der Waals surface area contributed by atoms with Gasteiger partial charge in [-0.2, -0.15) is 0 Å². The normalized spacial score (nSPS) is 22.8. The van der Waals surface area contributed by atoms with E-state index in [1.165, 1.54) is 4.88 Å². The third-order valence-electron chi connectivity index (χ3n) is 6.93. The van der Waals surface area contributed by atoms with Crippen LogP contribution in [0, 0.1) is 17.8 Å². The molecule has 2 unspecified atom stereocenters. The highest BCUT2D eigenvalue weighted by molar-refractivity contribution is 7.09. The van der Waals surface area contributed by atoms with Gasteiger partial charge in [0.2, 0.25) is 0 Å². The summed E-state index contributed by atoms with van der Waals surface area (Å²) in [5.41, 5.74) is -0.459. The van der Waals surface area contributed by atoms with E-state index in [0.29, 0.717) is 35.4 Å². The zero-order chi connectivity index (χ0) is 21.4. The Bertz CT molecular complexity index is 971. The minimum Gasteiger partial charge on any atom is -0.372 e. The number of nitrogens with zero attached hydrogens (tertiary/aromatic N) is 2. The Hall–Kier alpha value is -2.47. The minimum atomic E-state index is -1.67. The van der Waals surface area contributed by atoms with Gasteiger partial charge in [0.15, 0.2) is 5.60 Å². The fourth-order valence-corrected chi connectivity index (χ4v) is 5.95. The first-order valence-corrected chi connectivity index (χ1v) is 11.8. The fourth-order valence-electron chi connectivity index (χ4n) is 5.21. The van der Waals surface area contributed by atoms with Crippen molar-refractivity contribution in [1.82, 2.24) is 9.80 Å². The van der Waals surface area contributed by atoms with E-state index >= 15 is 0 Å². The van der Waals surface area contributed by atoms with Crippen molar-refractivity contribution in [3.8, 4) is 0 Å². The number of aliphatic hydroxyl groups is 1. The summed E-state index contributed by atoms with van der Waals surface area (Å²) >= 11 is 1.82. The third kappa shape index (κ3) is 3.82. The van der Waals surface area contributed by atoms with Gasteiger partial charge in [0, 0.05) is 38.1 Å². The van der Waals surface area contributed by atoms with Crippen LogP contribution in [0.1, 0.15) is 16.0 Å². The zero-order valence-electron chi connectivity index (χ0n) is 17.7. The van der Waals surface area contributed by atoms with E-state index in [-0.39, 0.29) is 5.91 Å². The lowest BCUT2D eigenvalue weighted by atomic mass is 9.85. The van der Waals surface area contributed by atoms with Crippen LogP contribution in [0.25, 0.3) is 0 Å². The summed E-state index contributed by atoms with van der Waals surface area (Å²) in [4.78, 5) is 19.3. The third-order valence-corrected chi connectivity index (χ3v) is 7.79. The van der Waals surface area contributed by atoms with Crippen molar-refractivity contribution in [3.63, 3.8) is 0 Å². The number of benzene rings is 2. The quantitative estimate of drug-likeness (QED) is 0.617. The summed E-state index contributed by atoms with van der Waals surface area (Å²) < 4.78 is 0. The van der Waals surface area contributed by atoms with Crippen molar-refractivity contribution in [2.45, 2.75) is 12.1 Å². The fraction of sp³-hybridized carbons (Fsp3) is 0.346. The predicted octanol–water partition coefficient (Wildman–Crippen LogP) is 3.82. The number of hydrogen-bond acceptors (Lipinski definition) is 4. The lowest BCUT2D eigenvalue weighted by Crippen LogP contribution is -2.47. The summed E-state index contributed by atoms with van der Waals surface area (Å²) in [6.07, 6.45) is 0. The van der Waals surface area contributed by atoms with Crippen molar-refractivity contribution in [2.24, 2.45) is 17.8 Å². The number of carbonyl (C=O) groups is 1. The second kappa shape index (κ2) is 8.23. The molecule has 2 atom stereocenters. The molecule has 3 aromatic rings. The Morgan fingerprint density at radius 2 is 1.58 bits per heavy atom. The number of carbonyl (C=O) groups excluding carboxylic acids is 1. The highest BCUT2D eigenvalue weighted by Crippen LogP contribution is 2.52. The van der Waals surface area contributed by atoms with Crippen molar-refractivity contribution in [1.29, 1.82) is 0 Å². The van der Waals surface area contributed by atoms with Gasteiger partial charge >= 0.3 is 0 Å². The molecule has 31 heavy (non-hydrogen) atoms. The molecule has 1 aliphatic heterocycles. The molecule has 1 amide bonds. The molecule has 2 aliphatic rings. The maximum atomic E-state index is 13.6. The molecule has 1 aromatic heterocycles. The Morgan fingerprint density at radius 1 is 1.00 bits per heavy atom. The lowest BCUT2D eigenvalue weighted by Gasteiger charge is -2.33. The first-order chi connectivity index (χ1) is 15.1. The van der Waals surface area contributed by atoms with Crippen LogP contribution in [0.2, 0.25) is 0 Å². The van der Waals surface area contributed by atoms with E-state index in [1.54, 1.807) is 4.90 Å². The van der Waals surface area contributed by atoms with Crippen molar-refractivity contribution < 1.29 is 9.90 Å². The van der Waals surface area contributed by atoms with Gasteiger partial charge in [0.1, 0.15) is 0 Å². The average molecular weight is 433 g/mol. The summed E-state index contributed by atoms with van der Waals surface area (Å²) in [5.74, 6) is 1.60. The first-order valence-electron chi connectivity index (χ1n) is 10.9. The van der Waals surface area contributed by atoms with Gasteiger partial charge in [-0.3, -0.25) is 9.69 Å². The number of piperidine rings is 1. The molecule has 1 saturated carbocycles. The lowest BCUT2D eigenvalue weighted by molar-refractivity contribution is -0.147. The minimum absolute atomic E-state index is 0.259. The van der Waals surface area contributed by atoms with Crippen LogP contribution in [0.5, 0.6) is 0 Å². The van der Waals surface area contributed by atoms with Gasteiger partial charge in [-0.1, -0.05) is 66.7 Å². The number of hydrogen-bond donors (Lipinski definition) is 1. The summed E-state index contributed by atoms with van der Waals surface area (Å²) in [5, 5.41) is 13.9. The Kier molecular flexibility index (Phi) is 5.42. The van der Waals surface area contributed by atoms with E-state index in [4.69, 9.17) is 0 Å². The molecule has 4 nitrogen and oxygen atoms in total. The van der Waals surface area contributed by atoms with Crippen LogP contribution in [-0.4, -0.2) is 47.5 Å². The van der Waals surface area contributed by atoms with E-state index in [0.717, 1.165) is 19.6 Å². The summed E-state index contributed by atoms with van der Waals surface area (Å²) in [7, 11) is 1.83. The van der Waals surface area contributed by atoms with Gasteiger partial charge in [-0.15, -0.1) is 11.3 Å². The molecule has 0 radical (unpaired) electrons. The molecule has 5 heteroatoms. The molecule has 2 heterocycles. The maximum Gasteiger partial charge on any atom is 0.263 e. The molecule has 5 rings (SSSR count). The number of likely N-dealkylation sites (N-methyl/N-ethyl adjacent to an activating group) is 1. The van der Waals surface area contributed by atoms with Crippen molar-refractivity contribution in [2.75, 3.05) is 26.7 Å². The van der Waals surface area contributed by atoms with Crippen LogP contribution < -0.4 is 0 Å². The second-order valence-electron chi connectivity index (χ2n) is 8.89. The Balaban J connectivity index is 1.27. The molecule has 1 aliphatic carbocycles. The SMILES string of the molecule is CN(CC1C2CN(Cc3cccs3)CC21)C(=O)C(O)(c1ccccc1)c1ccccc1. The molecule has 0 spiro atoms. The molecule has 1 N–H and O–H groups in total. The highest BCUT2D eigenvalue weighted by Gasteiger charge is 2.56. The number of fused-ring (bicyclic) bond motifs is 1. The van der Waals surface area contributed by atoms with E-state index in [2.05, 4.69) is 22.4 Å². The number of likely N-dealkylation sites (tertiary alicyclic amines) is 1. The van der Waals surface area contributed by atoms with Crippen LogP contribution in [0.3, 0.4) is 0 Å². The van der Waals surface area contributed by atoms with Crippen molar-refractivity contribution >= 4 is 17.2 Å². The molecule has 2 aromatic carbocycles. The number of rotatable bonds is 7. The van der Waals surface area contributed by atoms with Crippen LogP contribution in [0.4, 0.5) is 0 Å². The van der Waals surface area contributed by atoms with Crippen LogP contribution in [-0.2, 0) is 16.9 Å². The smallest absolute Gasteiger partial charge is 0.263 e. The highest BCUT2D eigenvalue weighted by atomic mass is 32.1. The Morgan fingerprint density at radius 3 is 2.10 bits per heavy atom. The largest absolute Gasteiger partial charge is 0.372 e. The van der Waals surface area contributed by atoms with E-state index < -0.39 is 5.60 Å². The second-order valence-corrected chi connectivity index (χ2v) is 9.93. The van der Waals surface area contributed by atoms with Gasteiger partial charge in [-0.05, 0) is 40.3 Å². The summed E-state index contributed by atoms with van der Waals surface area (Å²) in [6.45, 7) is 3.95. The predicted molar refractivity (Wildman–Crippen MR) is 124 cm³/mol. The standard InChI is InChI=1S/C26H28N2O2S/c1-27(16-22-23-17-28(18-24(22)23)15-21-13-8-14-31-21)25(29)26(30,19-9-4-2-5-10-19)20-11-6-3-7-12-20/h2-14,22-24,30H,15-18H2,1H3. The van der Waals surface area contributed by atoms with Gasteiger partial charge in [-0.25, -0.2) is 0 Å². The van der Waals surface area contributed by atoms with Gasteiger partial charge in [0.25, 0.3) is 5.91 Å². The molecule has 2 fully saturated rings. The van der Waals surface area contributed by atoms with E-state index in [9.17, 15) is 9.90 Å². The topological polar surface area (TPSA) is 43.8 Å². The van der Waals surface area contributed by atoms with Gasteiger partial charge < -0.3 is 10.0 Å². The molecule has 1 saturated heterocycles. The number of thiophene rings is 1. The molecular weight excluding hydrogens is 404 g/mol. The average Bonchev–Trinajstić information content (AvgIpc) is 3.19. The number of amides is 1. The van der Waals surface area contributed by atoms with E-state index in [1.807, 2.05) is 79.0 Å². The molecular formula is C26H28N2O2S. The summed E-state index contributed by atoms with van der Waals surface area (Å²) in [6, 6.07) is 22.9. The molecule has 160 valence electrons. The molecule has 0 bridgehead atoms. The first kappa shape index (κ1) is 20.4. The van der Waals surface area contributed by atoms with Gasteiger partial charge in [0.05, 0.1) is 0 Å². The maximum absolute atomic E-state index is 13.6. The van der Waals surface area contributed by atoms with Crippen LogP contribution in [0.15, 0.2) is 78.2 Å². The monoisotopic (exact) mass is 432 g/mol. The van der Waals surface area contributed by atoms with Crippen LogP contribution >= 0.6 is 11.3 Å². The van der Waals surface area contributed by atoms with Crippen molar-refractivity contribution in [3.05, 3.63) is 94.2 Å². The Labute approximate surface area is 187 Å². The zero-order valence-corrected chi connectivity index (χ0v) is 18.5.